The molecule has 150 valence electrons. The topological polar surface area (TPSA) is 84.2 Å². The lowest BCUT2D eigenvalue weighted by atomic mass is 10.1. The summed E-state index contributed by atoms with van der Waals surface area (Å²) in [7, 11) is 0. The molecule has 0 amide bonds. The Bertz CT molecular complexity index is 997. The third-order valence-corrected chi connectivity index (χ3v) is 5.44. The van der Waals surface area contributed by atoms with E-state index in [-0.39, 0.29) is 23.8 Å². The number of hydrogen-bond donors (Lipinski definition) is 1. The lowest BCUT2D eigenvalue weighted by Crippen LogP contribution is -2.46. The fraction of sp³-hybridized carbons (Fsp3) is 0.474. The second kappa shape index (κ2) is 6.97. The van der Waals surface area contributed by atoms with Crippen molar-refractivity contribution in [3.63, 3.8) is 0 Å². The zero-order valence-corrected chi connectivity index (χ0v) is 15.8. The van der Waals surface area contributed by atoms with Crippen LogP contribution in [-0.2, 0) is 0 Å². The van der Waals surface area contributed by atoms with Crippen LogP contribution < -0.4 is 19.8 Å². The molecule has 1 saturated heterocycles. The summed E-state index contributed by atoms with van der Waals surface area (Å²) in [6.07, 6.45) is -0.221. The van der Waals surface area contributed by atoms with Gasteiger partial charge in [0.1, 0.15) is 12.3 Å². The molecule has 0 saturated carbocycles. The number of ether oxygens (including phenoxy) is 2. The normalized spacial score (nSPS) is 19.5. The van der Waals surface area contributed by atoms with Gasteiger partial charge in [-0.25, -0.2) is 9.18 Å². The fourth-order valence-corrected chi connectivity index (χ4v) is 3.94. The number of halogens is 1. The van der Waals surface area contributed by atoms with Crippen molar-refractivity contribution in [1.29, 1.82) is 0 Å². The van der Waals surface area contributed by atoms with Gasteiger partial charge in [0.15, 0.2) is 17.3 Å². The SMILES string of the molecule is CCN1CCN(c2c(F)cc3c(=O)c(OC(=O)O)cn4c3c2OC[C@@H]4C)CC1. The van der Waals surface area contributed by atoms with Crippen molar-refractivity contribution < 1.29 is 23.8 Å². The van der Waals surface area contributed by atoms with E-state index in [1.165, 1.54) is 6.20 Å². The molecule has 0 radical (unpaired) electrons. The van der Waals surface area contributed by atoms with Crippen molar-refractivity contribution >= 4 is 22.7 Å². The summed E-state index contributed by atoms with van der Waals surface area (Å²) in [5, 5.41) is 8.94. The number of piperazine rings is 1. The summed E-state index contributed by atoms with van der Waals surface area (Å²) in [5.74, 6) is -0.571. The van der Waals surface area contributed by atoms with E-state index in [1.807, 2.05) is 11.8 Å². The van der Waals surface area contributed by atoms with Crippen molar-refractivity contribution in [2.24, 2.45) is 0 Å². The molecule has 0 unspecified atom stereocenters. The zero-order chi connectivity index (χ0) is 20.0. The summed E-state index contributed by atoms with van der Waals surface area (Å²) in [4.78, 5) is 27.8. The Morgan fingerprint density at radius 3 is 2.71 bits per heavy atom. The van der Waals surface area contributed by atoms with E-state index in [9.17, 15) is 9.59 Å². The van der Waals surface area contributed by atoms with E-state index in [4.69, 9.17) is 9.84 Å². The minimum Gasteiger partial charge on any atom is -0.487 e. The number of likely N-dealkylation sites (N-methyl/N-ethyl adjacent to an activating group) is 1. The molecule has 1 aromatic carbocycles. The van der Waals surface area contributed by atoms with Crippen molar-refractivity contribution in [2.45, 2.75) is 19.9 Å². The molecule has 1 aromatic heterocycles. The average molecular weight is 391 g/mol. The van der Waals surface area contributed by atoms with Crippen LogP contribution in [0.3, 0.4) is 0 Å². The van der Waals surface area contributed by atoms with Gasteiger partial charge in [-0.15, -0.1) is 0 Å². The van der Waals surface area contributed by atoms with Gasteiger partial charge in [-0.3, -0.25) is 4.79 Å². The van der Waals surface area contributed by atoms with Crippen molar-refractivity contribution in [3.05, 3.63) is 28.3 Å². The molecule has 1 fully saturated rings. The van der Waals surface area contributed by atoms with Crippen LogP contribution in [0.4, 0.5) is 14.9 Å². The Morgan fingerprint density at radius 2 is 2.07 bits per heavy atom. The molecule has 1 N–H and O–H groups in total. The van der Waals surface area contributed by atoms with Gasteiger partial charge in [0.25, 0.3) is 0 Å². The van der Waals surface area contributed by atoms with Crippen LogP contribution in [0.25, 0.3) is 10.9 Å². The summed E-state index contributed by atoms with van der Waals surface area (Å²) in [6.45, 7) is 8.16. The fourth-order valence-electron chi connectivity index (χ4n) is 3.94. The summed E-state index contributed by atoms with van der Waals surface area (Å²) >= 11 is 0. The van der Waals surface area contributed by atoms with E-state index >= 15 is 4.39 Å². The number of pyridine rings is 1. The first kappa shape index (κ1) is 18.5. The predicted molar refractivity (Wildman–Crippen MR) is 101 cm³/mol. The van der Waals surface area contributed by atoms with Gasteiger partial charge in [-0.2, -0.15) is 0 Å². The number of rotatable bonds is 3. The third-order valence-electron chi connectivity index (χ3n) is 5.44. The molecule has 2 aliphatic heterocycles. The predicted octanol–water partition coefficient (Wildman–Crippen LogP) is 2.29. The molecule has 1 atom stereocenters. The third kappa shape index (κ3) is 2.95. The van der Waals surface area contributed by atoms with Crippen LogP contribution in [0.1, 0.15) is 19.9 Å². The maximum Gasteiger partial charge on any atom is 0.511 e. The number of nitrogens with zero attached hydrogens (tertiary/aromatic N) is 3. The van der Waals surface area contributed by atoms with Gasteiger partial charge in [0.2, 0.25) is 5.43 Å². The van der Waals surface area contributed by atoms with E-state index in [2.05, 4.69) is 16.6 Å². The highest BCUT2D eigenvalue weighted by Crippen LogP contribution is 2.42. The highest BCUT2D eigenvalue weighted by atomic mass is 19.1. The van der Waals surface area contributed by atoms with E-state index in [1.54, 1.807) is 4.57 Å². The summed E-state index contributed by atoms with van der Waals surface area (Å²) in [5.41, 5.74) is 0.153. The van der Waals surface area contributed by atoms with Gasteiger partial charge in [0.05, 0.1) is 23.1 Å². The molecule has 2 aliphatic rings. The molecule has 2 aromatic rings. The van der Waals surface area contributed by atoms with Gasteiger partial charge in [-0.05, 0) is 19.5 Å². The van der Waals surface area contributed by atoms with E-state index in [0.29, 0.717) is 30.0 Å². The largest absolute Gasteiger partial charge is 0.511 e. The molecule has 3 heterocycles. The molecular weight excluding hydrogens is 369 g/mol. The minimum absolute atomic E-state index is 0.0498. The maximum absolute atomic E-state index is 15.1. The number of carbonyl (C=O) groups is 1. The van der Waals surface area contributed by atoms with Gasteiger partial charge in [0, 0.05) is 26.2 Å². The highest BCUT2D eigenvalue weighted by Gasteiger charge is 2.30. The highest BCUT2D eigenvalue weighted by molar-refractivity contribution is 5.93. The molecule has 0 aliphatic carbocycles. The monoisotopic (exact) mass is 391 g/mol. The standard InChI is InChI=1S/C19H22FN3O5/c1-3-21-4-6-22(7-5-21)16-13(20)8-12-15-18(16)27-10-11(2)23(15)9-14(17(12)24)28-19(25)26/h8-9,11H,3-7,10H2,1-2H3,(H,25,26)/t11-/m0/s1. The Labute approximate surface area is 160 Å². The number of carboxylic acid groups (broad SMARTS) is 1. The molecule has 8 nitrogen and oxygen atoms in total. The molecule has 0 bridgehead atoms. The lowest BCUT2D eigenvalue weighted by molar-refractivity contribution is 0.143. The number of benzene rings is 1. The van der Waals surface area contributed by atoms with Crippen molar-refractivity contribution in [1.82, 2.24) is 9.47 Å². The van der Waals surface area contributed by atoms with Gasteiger partial charge < -0.3 is 28.9 Å². The molecule has 4 rings (SSSR count). The van der Waals surface area contributed by atoms with Crippen LogP contribution >= 0.6 is 0 Å². The zero-order valence-electron chi connectivity index (χ0n) is 15.8. The Balaban J connectivity index is 1.90. The smallest absolute Gasteiger partial charge is 0.487 e. The second-order valence-electron chi connectivity index (χ2n) is 7.11. The molecular formula is C19H22FN3O5. The number of anilines is 1. The van der Waals surface area contributed by atoms with Crippen molar-refractivity contribution in [3.8, 4) is 11.5 Å². The second-order valence-corrected chi connectivity index (χ2v) is 7.11. The quantitative estimate of drug-likeness (QED) is 0.804. The number of hydrogen-bond acceptors (Lipinski definition) is 6. The van der Waals surface area contributed by atoms with E-state index in [0.717, 1.165) is 25.7 Å². The number of aromatic nitrogens is 1. The Kier molecular flexibility index (Phi) is 4.62. The maximum atomic E-state index is 15.1. The summed E-state index contributed by atoms with van der Waals surface area (Å²) in [6, 6.07) is 0.997. The Morgan fingerprint density at radius 1 is 1.36 bits per heavy atom. The van der Waals surface area contributed by atoms with Crippen molar-refractivity contribution in [2.75, 3.05) is 44.2 Å². The first-order valence-corrected chi connectivity index (χ1v) is 9.33. The summed E-state index contributed by atoms with van der Waals surface area (Å²) < 4.78 is 27.4. The lowest BCUT2D eigenvalue weighted by Gasteiger charge is -2.37. The minimum atomic E-state index is -1.59. The average Bonchev–Trinajstić information content (AvgIpc) is 2.67. The molecule has 9 heteroatoms. The van der Waals surface area contributed by atoms with Gasteiger partial charge in [-0.1, -0.05) is 6.92 Å². The first-order chi connectivity index (χ1) is 13.4. The molecule has 0 spiro atoms. The van der Waals surface area contributed by atoms with Crippen LogP contribution in [0, 0.1) is 5.82 Å². The van der Waals surface area contributed by atoms with Gasteiger partial charge >= 0.3 is 6.16 Å². The Hall–Kier alpha value is -2.81. The van der Waals surface area contributed by atoms with Crippen LogP contribution in [0.15, 0.2) is 17.1 Å². The molecule has 28 heavy (non-hydrogen) atoms. The van der Waals surface area contributed by atoms with Crippen LogP contribution in [0.2, 0.25) is 0 Å². The van der Waals surface area contributed by atoms with Crippen LogP contribution in [0.5, 0.6) is 11.5 Å². The van der Waals surface area contributed by atoms with E-state index < -0.39 is 17.4 Å². The first-order valence-electron chi connectivity index (χ1n) is 9.33. The van der Waals surface area contributed by atoms with Crippen LogP contribution in [-0.4, -0.2) is 60.1 Å².